The molecule has 0 unspecified atom stereocenters. The van der Waals surface area contributed by atoms with Gasteiger partial charge in [-0.1, -0.05) is 95.9 Å². The summed E-state index contributed by atoms with van der Waals surface area (Å²) < 4.78 is 25.8. The second-order valence-corrected chi connectivity index (χ2v) is 12.8. The molecule has 5 nitrogen and oxygen atoms in total. The van der Waals surface area contributed by atoms with Crippen molar-refractivity contribution in [3.63, 3.8) is 0 Å². The number of hydrogen-bond acceptors (Lipinski definition) is 5. The Morgan fingerprint density at radius 1 is 0.469 bits per heavy atom. The lowest BCUT2D eigenvalue weighted by Gasteiger charge is -2.33. The zero-order valence-corrected chi connectivity index (χ0v) is 26.2. The summed E-state index contributed by atoms with van der Waals surface area (Å²) in [5.41, 5.74) is 12.2. The van der Waals surface area contributed by atoms with Crippen LogP contribution in [0.15, 0.2) is 165 Å². The maximum absolute atomic E-state index is 6.91. The Morgan fingerprint density at radius 2 is 1.02 bits per heavy atom. The molecule has 11 rings (SSSR count). The van der Waals surface area contributed by atoms with Crippen LogP contribution in [0, 0.1) is 0 Å². The molecule has 7 heteroatoms. The highest BCUT2D eigenvalue weighted by molar-refractivity contribution is 7.12. The highest BCUT2D eigenvalue weighted by atomic mass is 16.5. The lowest BCUT2D eigenvalue weighted by atomic mass is 9.24. The molecule has 9 aromatic rings. The zero-order valence-electron chi connectivity index (χ0n) is 26.2. The number of benzene rings is 6. The van der Waals surface area contributed by atoms with E-state index in [0.717, 1.165) is 94.6 Å². The topological polar surface area (TPSA) is 51.9 Å². The van der Waals surface area contributed by atoms with E-state index >= 15 is 0 Å². The molecular weight excluding hydrogens is 604 g/mol. The molecule has 2 aliphatic heterocycles. The van der Waals surface area contributed by atoms with Crippen molar-refractivity contribution in [3.05, 3.63) is 152 Å². The number of rotatable bonds is 3. The van der Waals surface area contributed by atoms with Crippen molar-refractivity contribution in [1.82, 2.24) is 0 Å². The molecule has 0 saturated heterocycles. The molecule has 49 heavy (non-hydrogen) atoms. The summed E-state index contributed by atoms with van der Waals surface area (Å²) in [6.45, 7) is -0.328. The second kappa shape index (κ2) is 10.1. The Kier molecular flexibility index (Phi) is 5.50. The van der Waals surface area contributed by atoms with E-state index in [0.29, 0.717) is 0 Å². The van der Waals surface area contributed by atoms with Gasteiger partial charge in [0.2, 0.25) is 0 Å². The molecule has 5 heterocycles. The van der Waals surface area contributed by atoms with Crippen LogP contribution in [0.1, 0.15) is 0 Å². The Morgan fingerprint density at radius 3 is 1.67 bits per heavy atom. The van der Waals surface area contributed by atoms with E-state index in [2.05, 4.69) is 108 Å². The van der Waals surface area contributed by atoms with Gasteiger partial charge in [-0.2, -0.15) is 0 Å². The predicted molar refractivity (Wildman–Crippen MR) is 199 cm³/mol. The maximum Gasteiger partial charge on any atom is 0.290 e. The minimum Gasteiger partial charge on any atom is -0.471 e. The van der Waals surface area contributed by atoms with E-state index in [-0.39, 0.29) is 13.4 Å². The fourth-order valence-electron chi connectivity index (χ4n) is 8.05. The molecule has 0 bridgehead atoms. The first-order valence-corrected chi connectivity index (χ1v) is 16.6. The largest absolute Gasteiger partial charge is 0.471 e. The normalized spacial score (nSPS) is 13.3. The smallest absolute Gasteiger partial charge is 0.290 e. The van der Waals surface area contributed by atoms with Crippen molar-refractivity contribution < 1.29 is 18.0 Å². The highest BCUT2D eigenvalue weighted by Crippen LogP contribution is 2.49. The van der Waals surface area contributed by atoms with Crippen molar-refractivity contribution >= 4 is 96.6 Å². The van der Waals surface area contributed by atoms with Crippen LogP contribution in [0.4, 0.5) is 17.1 Å². The van der Waals surface area contributed by atoms with Crippen LogP contribution < -0.4 is 42.8 Å². The fraction of sp³-hybridized carbons (Fsp3) is 0. The van der Waals surface area contributed by atoms with Crippen molar-refractivity contribution in [2.75, 3.05) is 4.90 Å². The van der Waals surface area contributed by atoms with E-state index in [9.17, 15) is 0 Å². The van der Waals surface area contributed by atoms with Crippen LogP contribution >= 0.6 is 0 Å². The summed E-state index contributed by atoms with van der Waals surface area (Å²) in [4.78, 5) is 2.27. The van der Waals surface area contributed by atoms with Crippen LogP contribution in [0.2, 0.25) is 0 Å². The van der Waals surface area contributed by atoms with E-state index in [1.165, 1.54) is 0 Å². The van der Waals surface area contributed by atoms with Crippen LogP contribution in [0.25, 0.3) is 32.9 Å². The third-order valence-electron chi connectivity index (χ3n) is 10.2. The van der Waals surface area contributed by atoms with Gasteiger partial charge >= 0.3 is 0 Å². The van der Waals surface area contributed by atoms with Gasteiger partial charge in [-0.15, -0.1) is 0 Å². The van der Waals surface area contributed by atoms with Crippen molar-refractivity contribution in [1.29, 1.82) is 0 Å². The first-order valence-electron chi connectivity index (χ1n) is 16.6. The van der Waals surface area contributed by atoms with E-state index in [1.807, 2.05) is 42.5 Å². The summed E-state index contributed by atoms with van der Waals surface area (Å²) in [5.74, 6) is 1.66. The first-order chi connectivity index (χ1) is 24.3. The standard InChI is InChI=1S/C42H25B2NO4/c1-5-13-35-30(9-1)39-42(49-35)44(28-19-22-34-26(25-28)23-24-46-34)40-31-10-2-6-14-36(31)48-41(40)43(39)27-17-20-29(21-18-27)45-32-11-3-7-15-37(32)47-38-16-8-4-12-33(38)45/h1-25H. The van der Waals surface area contributed by atoms with E-state index < -0.39 is 0 Å². The summed E-state index contributed by atoms with van der Waals surface area (Å²) in [6, 6.07) is 50.4. The van der Waals surface area contributed by atoms with Crippen molar-refractivity contribution in [2.45, 2.75) is 0 Å². The number of nitrogens with zero attached hydrogens (tertiary/aromatic N) is 1. The number of fused-ring (bicyclic) bond motifs is 9. The van der Waals surface area contributed by atoms with E-state index in [1.54, 1.807) is 6.26 Å². The molecule has 0 amide bonds. The van der Waals surface area contributed by atoms with Crippen molar-refractivity contribution in [3.8, 4) is 11.5 Å². The van der Waals surface area contributed by atoms with Gasteiger partial charge in [0.05, 0.1) is 29.0 Å². The molecule has 2 aliphatic rings. The second-order valence-electron chi connectivity index (χ2n) is 12.8. The van der Waals surface area contributed by atoms with Crippen LogP contribution in [0.5, 0.6) is 11.5 Å². The molecule has 0 saturated carbocycles. The van der Waals surface area contributed by atoms with Gasteiger partial charge < -0.3 is 22.9 Å². The number of ether oxygens (including phenoxy) is 1. The molecular formula is C42H25B2NO4. The van der Waals surface area contributed by atoms with Gasteiger partial charge in [0, 0.05) is 21.8 Å². The molecule has 0 N–H and O–H groups in total. The van der Waals surface area contributed by atoms with Gasteiger partial charge in [-0.3, -0.25) is 0 Å². The molecule has 6 aromatic carbocycles. The molecule has 0 atom stereocenters. The van der Waals surface area contributed by atoms with Crippen molar-refractivity contribution in [2.24, 2.45) is 0 Å². The summed E-state index contributed by atoms with van der Waals surface area (Å²) in [5, 5.41) is 3.26. The maximum atomic E-state index is 6.91. The number of para-hydroxylation sites is 6. The molecule has 3 aromatic heterocycles. The quantitative estimate of drug-likeness (QED) is 0.200. The van der Waals surface area contributed by atoms with Crippen LogP contribution in [0.3, 0.4) is 0 Å². The summed E-state index contributed by atoms with van der Waals surface area (Å²) >= 11 is 0. The minimum absolute atomic E-state index is 0.155. The third kappa shape index (κ3) is 3.84. The zero-order chi connectivity index (χ0) is 32.1. The molecule has 0 spiro atoms. The van der Waals surface area contributed by atoms with Gasteiger partial charge in [0.1, 0.15) is 16.7 Å². The van der Waals surface area contributed by atoms with Gasteiger partial charge in [-0.05, 0) is 71.6 Å². The van der Waals surface area contributed by atoms with E-state index in [4.69, 9.17) is 18.0 Å². The van der Waals surface area contributed by atoms with Crippen LogP contribution in [-0.4, -0.2) is 13.4 Å². The minimum atomic E-state index is -0.173. The SMILES string of the molecule is c1ccc2c(c1)Oc1ccccc1N2c1ccc(B2c3oc4ccccc4c3B(c3ccc4occc4c3)c3oc4ccccc4c32)cc1. The number of anilines is 3. The molecule has 0 fully saturated rings. The Balaban J connectivity index is 1.13. The lowest BCUT2D eigenvalue weighted by molar-refractivity contribution is 0.477. The Hall–Kier alpha value is -6.33. The average molecular weight is 629 g/mol. The monoisotopic (exact) mass is 629 g/mol. The Labute approximate surface area is 282 Å². The third-order valence-corrected chi connectivity index (χ3v) is 10.2. The number of furan rings is 3. The fourth-order valence-corrected chi connectivity index (χ4v) is 8.05. The average Bonchev–Trinajstić information content (AvgIpc) is 3.88. The molecule has 228 valence electrons. The first kappa shape index (κ1) is 26.7. The molecule has 0 aliphatic carbocycles. The highest BCUT2D eigenvalue weighted by Gasteiger charge is 2.46. The Bertz CT molecular complexity index is 2690. The number of hydrogen-bond donors (Lipinski definition) is 0. The van der Waals surface area contributed by atoms with Crippen LogP contribution in [-0.2, 0) is 0 Å². The summed E-state index contributed by atoms with van der Waals surface area (Å²) in [7, 11) is 0. The summed E-state index contributed by atoms with van der Waals surface area (Å²) in [6.07, 6.45) is 1.74. The predicted octanol–water partition coefficient (Wildman–Crippen LogP) is 6.85. The molecule has 0 radical (unpaired) electrons. The van der Waals surface area contributed by atoms with Gasteiger partial charge in [0.15, 0.2) is 11.5 Å². The van der Waals surface area contributed by atoms with Gasteiger partial charge in [-0.25, -0.2) is 0 Å². The lowest BCUT2D eigenvalue weighted by Crippen LogP contribution is -2.73. The van der Waals surface area contributed by atoms with Gasteiger partial charge in [0.25, 0.3) is 13.4 Å².